The number of hydrogen-bond donors (Lipinski definition) is 2. The molecule has 25 heavy (non-hydrogen) atoms. The van der Waals surface area contributed by atoms with Gasteiger partial charge in [-0.1, -0.05) is 18.2 Å². The number of amides is 1. The molecule has 0 spiro atoms. The highest BCUT2D eigenvalue weighted by atomic mass is 32.1. The third kappa shape index (κ3) is 3.09. The Labute approximate surface area is 148 Å². The number of pyridine rings is 1. The highest BCUT2D eigenvalue weighted by Gasteiger charge is 2.17. The molecule has 0 radical (unpaired) electrons. The molecule has 1 amide bonds. The van der Waals surface area contributed by atoms with Crippen LogP contribution in [0.25, 0.3) is 10.9 Å². The molecule has 1 aliphatic heterocycles. The molecule has 0 aliphatic carbocycles. The Morgan fingerprint density at radius 1 is 1.08 bits per heavy atom. The smallest absolute Gasteiger partial charge is 0.257 e. The van der Waals surface area contributed by atoms with Crippen LogP contribution in [0.5, 0.6) is 11.5 Å². The second kappa shape index (κ2) is 6.37. The number of carbonyl (C=O) groups excluding carboxylic acids is 1. The molecule has 1 aliphatic rings. The largest absolute Gasteiger partial charge is 0.454 e. The number of para-hydroxylation sites is 1. The molecule has 4 rings (SSSR count). The first kappa shape index (κ1) is 15.3. The van der Waals surface area contributed by atoms with E-state index in [0.717, 1.165) is 16.6 Å². The van der Waals surface area contributed by atoms with Crippen molar-refractivity contribution < 1.29 is 14.3 Å². The highest BCUT2D eigenvalue weighted by Crippen LogP contribution is 2.32. The second-order valence-electron chi connectivity index (χ2n) is 5.36. The quantitative estimate of drug-likeness (QED) is 0.691. The fourth-order valence-corrected chi connectivity index (χ4v) is 2.77. The van der Waals surface area contributed by atoms with Gasteiger partial charge in [0.05, 0.1) is 11.2 Å². The van der Waals surface area contributed by atoms with Gasteiger partial charge in [-0.05, 0) is 42.5 Å². The lowest BCUT2D eigenvalue weighted by atomic mass is 10.2. The number of ether oxygens (including phenoxy) is 2. The van der Waals surface area contributed by atoms with Crippen molar-refractivity contribution in [2.45, 2.75) is 0 Å². The van der Waals surface area contributed by atoms with Crippen molar-refractivity contribution in [3.8, 4) is 11.5 Å². The Balaban J connectivity index is 1.49. The van der Waals surface area contributed by atoms with Crippen molar-refractivity contribution in [1.82, 2.24) is 10.3 Å². The molecule has 0 atom stereocenters. The van der Waals surface area contributed by atoms with E-state index in [1.807, 2.05) is 30.3 Å². The van der Waals surface area contributed by atoms with Crippen LogP contribution in [0.4, 0.5) is 5.69 Å². The summed E-state index contributed by atoms with van der Waals surface area (Å²) >= 11 is 5.25. The third-order valence-corrected chi connectivity index (χ3v) is 3.95. The molecule has 0 saturated heterocycles. The van der Waals surface area contributed by atoms with Gasteiger partial charge in [0.15, 0.2) is 16.6 Å². The van der Waals surface area contributed by atoms with Gasteiger partial charge >= 0.3 is 0 Å². The third-order valence-electron chi connectivity index (χ3n) is 3.74. The van der Waals surface area contributed by atoms with Crippen LogP contribution >= 0.6 is 12.2 Å². The van der Waals surface area contributed by atoms with Gasteiger partial charge in [0, 0.05) is 17.1 Å². The lowest BCUT2D eigenvalue weighted by molar-refractivity contribution is 0.0977. The molecule has 6 nitrogen and oxygen atoms in total. The van der Waals surface area contributed by atoms with Crippen molar-refractivity contribution in [1.29, 1.82) is 0 Å². The van der Waals surface area contributed by atoms with Gasteiger partial charge < -0.3 is 14.8 Å². The minimum absolute atomic E-state index is 0.161. The molecule has 1 aromatic heterocycles. The molecule has 0 saturated carbocycles. The molecular formula is C18H13N3O3S. The molecule has 2 N–H and O–H groups in total. The Morgan fingerprint density at radius 3 is 2.84 bits per heavy atom. The Hall–Kier alpha value is -3.19. The molecule has 3 aromatic rings. The molecule has 2 aromatic carbocycles. The van der Waals surface area contributed by atoms with E-state index in [0.29, 0.717) is 17.1 Å². The first-order valence-electron chi connectivity index (χ1n) is 7.56. The number of benzene rings is 2. The van der Waals surface area contributed by atoms with Crippen molar-refractivity contribution in [3.63, 3.8) is 0 Å². The Bertz CT molecular complexity index is 985. The average Bonchev–Trinajstić information content (AvgIpc) is 3.09. The van der Waals surface area contributed by atoms with E-state index in [4.69, 9.17) is 21.7 Å². The predicted molar refractivity (Wildman–Crippen MR) is 98.0 cm³/mol. The SMILES string of the molecule is O=C(NC(=S)Nc1cccc2cccnc12)c1ccc2c(c1)OCO2. The summed E-state index contributed by atoms with van der Waals surface area (Å²) in [4.78, 5) is 16.7. The first-order valence-corrected chi connectivity index (χ1v) is 7.97. The highest BCUT2D eigenvalue weighted by molar-refractivity contribution is 7.80. The summed E-state index contributed by atoms with van der Waals surface area (Å²) in [5.74, 6) is 0.841. The van der Waals surface area contributed by atoms with Crippen molar-refractivity contribution in [2.24, 2.45) is 0 Å². The molecular weight excluding hydrogens is 338 g/mol. The summed E-state index contributed by atoms with van der Waals surface area (Å²) in [6.45, 7) is 0.161. The van der Waals surface area contributed by atoms with Crippen LogP contribution in [0.2, 0.25) is 0 Å². The van der Waals surface area contributed by atoms with Crippen LogP contribution in [0.1, 0.15) is 10.4 Å². The van der Waals surface area contributed by atoms with E-state index >= 15 is 0 Å². The summed E-state index contributed by atoms with van der Waals surface area (Å²) in [6.07, 6.45) is 1.71. The van der Waals surface area contributed by atoms with E-state index in [2.05, 4.69) is 15.6 Å². The van der Waals surface area contributed by atoms with E-state index in [1.54, 1.807) is 24.4 Å². The number of nitrogens with one attached hydrogen (secondary N) is 2. The molecule has 124 valence electrons. The van der Waals surface area contributed by atoms with Gasteiger partial charge in [-0.15, -0.1) is 0 Å². The lowest BCUT2D eigenvalue weighted by Crippen LogP contribution is -2.34. The number of aromatic nitrogens is 1. The van der Waals surface area contributed by atoms with E-state index in [-0.39, 0.29) is 17.8 Å². The topological polar surface area (TPSA) is 72.5 Å². The summed E-state index contributed by atoms with van der Waals surface area (Å²) in [5, 5.41) is 6.86. The maximum Gasteiger partial charge on any atom is 0.257 e. The molecule has 0 unspecified atom stereocenters. The zero-order valence-electron chi connectivity index (χ0n) is 13.0. The minimum Gasteiger partial charge on any atom is -0.454 e. The summed E-state index contributed by atoms with van der Waals surface area (Å²) in [5.41, 5.74) is 1.95. The van der Waals surface area contributed by atoms with Crippen molar-refractivity contribution in [3.05, 3.63) is 60.3 Å². The van der Waals surface area contributed by atoms with Crippen LogP contribution in [-0.4, -0.2) is 22.8 Å². The summed E-state index contributed by atoms with van der Waals surface area (Å²) in [6, 6.07) is 14.5. The van der Waals surface area contributed by atoms with E-state index < -0.39 is 0 Å². The number of fused-ring (bicyclic) bond motifs is 2. The number of thiocarbonyl (C=S) groups is 1. The summed E-state index contributed by atoms with van der Waals surface area (Å²) in [7, 11) is 0. The fourth-order valence-electron chi connectivity index (χ4n) is 2.57. The van der Waals surface area contributed by atoms with Gasteiger partial charge in [-0.2, -0.15) is 0 Å². The monoisotopic (exact) mass is 351 g/mol. The Kier molecular flexibility index (Phi) is 3.91. The molecule has 0 bridgehead atoms. The zero-order valence-corrected chi connectivity index (χ0v) is 13.8. The van der Waals surface area contributed by atoms with Gasteiger partial charge in [-0.25, -0.2) is 0 Å². The van der Waals surface area contributed by atoms with Crippen LogP contribution < -0.4 is 20.1 Å². The van der Waals surface area contributed by atoms with Crippen LogP contribution in [0, 0.1) is 0 Å². The number of rotatable bonds is 2. The van der Waals surface area contributed by atoms with Crippen LogP contribution in [-0.2, 0) is 0 Å². The van der Waals surface area contributed by atoms with E-state index in [9.17, 15) is 4.79 Å². The van der Waals surface area contributed by atoms with Crippen LogP contribution in [0.15, 0.2) is 54.7 Å². The maximum atomic E-state index is 12.4. The number of anilines is 1. The number of carbonyl (C=O) groups is 1. The lowest BCUT2D eigenvalue weighted by Gasteiger charge is -2.11. The fraction of sp³-hybridized carbons (Fsp3) is 0.0556. The molecule has 0 fully saturated rings. The van der Waals surface area contributed by atoms with Crippen molar-refractivity contribution in [2.75, 3.05) is 12.1 Å². The van der Waals surface area contributed by atoms with Gasteiger partial charge in [0.2, 0.25) is 6.79 Å². The van der Waals surface area contributed by atoms with E-state index in [1.165, 1.54) is 0 Å². The molecule has 7 heteroatoms. The van der Waals surface area contributed by atoms with Gasteiger partial charge in [0.25, 0.3) is 5.91 Å². The first-order chi connectivity index (χ1) is 12.2. The van der Waals surface area contributed by atoms with Crippen LogP contribution in [0.3, 0.4) is 0 Å². The average molecular weight is 351 g/mol. The summed E-state index contributed by atoms with van der Waals surface area (Å²) < 4.78 is 10.5. The number of nitrogens with zero attached hydrogens (tertiary/aromatic N) is 1. The predicted octanol–water partition coefficient (Wildman–Crippen LogP) is 3.09. The Morgan fingerprint density at radius 2 is 1.92 bits per heavy atom. The van der Waals surface area contributed by atoms with Gasteiger partial charge in [0.1, 0.15) is 0 Å². The maximum absolute atomic E-state index is 12.4. The molecule has 2 heterocycles. The standard InChI is InChI=1S/C18H13N3O3S/c22-17(12-6-7-14-15(9-12)24-10-23-14)21-18(25)20-13-5-1-3-11-4-2-8-19-16(11)13/h1-9H,10H2,(H2,20,21,22,25). The zero-order chi connectivity index (χ0) is 17.2. The minimum atomic E-state index is -0.330. The second-order valence-corrected chi connectivity index (χ2v) is 5.77. The number of hydrogen-bond acceptors (Lipinski definition) is 5. The normalized spacial score (nSPS) is 12.0. The van der Waals surface area contributed by atoms with Gasteiger partial charge in [-0.3, -0.25) is 15.1 Å². The van der Waals surface area contributed by atoms with Crippen molar-refractivity contribution >= 4 is 39.8 Å².